The molecule has 0 aliphatic carbocycles. The lowest BCUT2D eigenvalue weighted by molar-refractivity contribution is 0.283. The normalized spacial score (nSPS) is 25.1. The fourth-order valence-corrected chi connectivity index (χ4v) is 3.58. The van der Waals surface area contributed by atoms with E-state index in [1.807, 2.05) is 0 Å². The molecule has 0 saturated carbocycles. The number of nitrogens with zero attached hydrogens (tertiary/aromatic N) is 1. The van der Waals surface area contributed by atoms with Crippen LogP contribution in [-0.4, -0.2) is 37.1 Å². The molecule has 3 nitrogen and oxygen atoms in total. The van der Waals surface area contributed by atoms with Crippen molar-refractivity contribution in [1.82, 2.24) is 15.5 Å². The first-order chi connectivity index (χ1) is 9.83. The van der Waals surface area contributed by atoms with Gasteiger partial charge < -0.3 is 15.5 Å². The molecule has 1 saturated heterocycles. The molecule has 3 rings (SSSR count). The van der Waals surface area contributed by atoms with Gasteiger partial charge in [0.15, 0.2) is 0 Å². The number of nitrogens with one attached hydrogen (secondary N) is 2. The highest BCUT2D eigenvalue weighted by Crippen LogP contribution is 2.24. The van der Waals surface area contributed by atoms with Crippen LogP contribution in [0.2, 0.25) is 0 Å². The van der Waals surface area contributed by atoms with Crippen LogP contribution in [0.3, 0.4) is 0 Å². The first kappa shape index (κ1) is 14.1. The van der Waals surface area contributed by atoms with E-state index in [0.29, 0.717) is 12.1 Å². The second kappa shape index (κ2) is 6.70. The van der Waals surface area contributed by atoms with Crippen molar-refractivity contribution in [2.24, 2.45) is 0 Å². The molecule has 110 valence electrons. The molecule has 1 fully saturated rings. The molecule has 1 aromatic carbocycles. The first-order valence-corrected chi connectivity index (χ1v) is 8.10. The molecule has 1 aromatic rings. The van der Waals surface area contributed by atoms with Gasteiger partial charge >= 0.3 is 0 Å². The predicted octanol–water partition coefficient (Wildman–Crippen LogP) is 2.29. The molecule has 2 heterocycles. The zero-order valence-corrected chi connectivity index (χ0v) is 12.6. The van der Waals surface area contributed by atoms with E-state index in [9.17, 15) is 0 Å². The van der Waals surface area contributed by atoms with Crippen molar-refractivity contribution in [3.63, 3.8) is 0 Å². The van der Waals surface area contributed by atoms with Crippen molar-refractivity contribution in [3.8, 4) is 0 Å². The standard InChI is InChI=1S/C17H27N3/c1-14(13-20-10-4-5-11-20)19-17-8-9-18-12-15-6-2-3-7-16(15)17/h2-3,6-7,14,17-19H,4-5,8-13H2,1H3. The van der Waals surface area contributed by atoms with E-state index in [2.05, 4.69) is 46.7 Å². The van der Waals surface area contributed by atoms with Gasteiger partial charge in [0.2, 0.25) is 0 Å². The van der Waals surface area contributed by atoms with Crippen LogP contribution in [0.5, 0.6) is 0 Å². The molecule has 3 heteroatoms. The average Bonchev–Trinajstić information content (AvgIpc) is 2.87. The predicted molar refractivity (Wildman–Crippen MR) is 83.8 cm³/mol. The molecule has 0 bridgehead atoms. The Hall–Kier alpha value is -0.900. The van der Waals surface area contributed by atoms with Crippen LogP contribution in [0.15, 0.2) is 24.3 Å². The SMILES string of the molecule is CC(CN1CCCC1)NC1CCNCc2ccccc21. The Morgan fingerprint density at radius 3 is 2.95 bits per heavy atom. The Kier molecular flexibility index (Phi) is 4.71. The third-order valence-electron chi connectivity index (χ3n) is 4.57. The van der Waals surface area contributed by atoms with Crippen molar-refractivity contribution < 1.29 is 0 Å². The lowest BCUT2D eigenvalue weighted by Gasteiger charge is -2.27. The molecule has 0 amide bonds. The number of hydrogen-bond donors (Lipinski definition) is 2. The smallest absolute Gasteiger partial charge is 0.0338 e. The second-order valence-electron chi connectivity index (χ2n) is 6.29. The maximum atomic E-state index is 3.86. The Bertz CT molecular complexity index is 426. The van der Waals surface area contributed by atoms with Crippen LogP contribution in [0, 0.1) is 0 Å². The maximum Gasteiger partial charge on any atom is 0.0338 e. The zero-order chi connectivity index (χ0) is 13.8. The molecular weight excluding hydrogens is 246 g/mol. The van der Waals surface area contributed by atoms with E-state index >= 15 is 0 Å². The topological polar surface area (TPSA) is 27.3 Å². The van der Waals surface area contributed by atoms with Gasteiger partial charge in [-0.25, -0.2) is 0 Å². The summed E-state index contributed by atoms with van der Waals surface area (Å²) in [5.74, 6) is 0. The maximum absolute atomic E-state index is 3.86. The van der Waals surface area contributed by atoms with E-state index in [4.69, 9.17) is 0 Å². The van der Waals surface area contributed by atoms with Crippen molar-refractivity contribution in [3.05, 3.63) is 35.4 Å². The number of benzene rings is 1. The number of rotatable bonds is 4. The van der Waals surface area contributed by atoms with Crippen molar-refractivity contribution in [2.45, 2.75) is 44.8 Å². The van der Waals surface area contributed by atoms with E-state index in [-0.39, 0.29) is 0 Å². The van der Waals surface area contributed by atoms with Crippen molar-refractivity contribution >= 4 is 0 Å². The van der Waals surface area contributed by atoms with Gasteiger partial charge in [-0.2, -0.15) is 0 Å². The summed E-state index contributed by atoms with van der Waals surface area (Å²) in [4.78, 5) is 2.60. The number of hydrogen-bond acceptors (Lipinski definition) is 3. The molecule has 2 N–H and O–H groups in total. The van der Waals surface area contributed by atoms with Gasteiger partial charge in [0.1, 0.15) is 0 Å². The van der Waals surface area contributed by atoms with Crippen LogP contribution >= 0.6 is 0 Å². The largest absolute Gasteiger partial charge is 0.313 e. The van der Waals surface area contributed by atoms with Gasteiger partial charge in [-0.1, -0.05) is 24.3 Å². The van der Waals surface area contributed by atoms with Gasteiger partial charge in [0.25, 0.3) is 0 Å². The van der Waals surface area contributed by atoms with E-state index in [1.54, 1.807) is 0 Å². The van der Waals surface area contributed by atoms with Gasteiger partial charge in [-0.3, -0.25) is 0 Å². The molecule has 2 unspecified atom stereocenters. The molecule has 2 atom stereocenters. The summed E-state index contributed by atoms with van der Waals surface area (Å²) in [6.45, 7) is 8.20. The van der Waals surface area contributed by atoms with Crippen LogP contribution in [0.4, 0.5) is 0 Å². The summed E-state index contributed by atoms with van der Waals surface area (Å²) in [5, 5.41) is 7.39. The molecule has 2 aliphatic heterocycles. The Morgan fingerprint density at radius 1 is 1.30 bits per heavy atom. The molecule has 0 radical (unpaired) electrons. The molecule has 0 spiro atoms. The first-order valence-electron chi connectivity index (χ1n) is 8.10. The lowest BCUT2D eigenvalue weighted by atomic mass is 9.98. The van der Waals surface area contributed by atoms with Crippen molar-refractivity contribution in [1.29, 1.82) is 0 Å². The Balaban J connectivity index is 1.63. The van der Waals surface area contributed by atoms with Gasteiger partial charge in [-0.15, -0.1) is 0 Å². The molecule has 20 heavy (non-hydrogen) atoms. The summed E-state index contributed by atoms with van der Waals surface area (Å²) < 4.78 is 0. The highest BCUT2D eigenvalue weighted by atomic mass is 15.2. The fraction of sp³-hybridized carbons (Fsp3) is 0.647. The Morgan fingerprint density at radius 2 is 2.10 bits per heavy atom. The quantitative estimate of drug-likeness (QED) is 0.881. The van der Waals surface area contributed by atoms with Gasteiger partial charge in [0.05, 0.1) is 0 Å². The monoisotopic (exact) mass is 273 g/mol. The fourth-order valence-electron chi connectivity index (χ4n) is 3.58. The van der Waals surface area contributed by atoms with Crippen LogP contribution < -0.4 is 10.6 Å². The van der Waals surface area contributed by atoms with Crippen LogP contribution in [-0.2, 0) is 6.54 Å². The minimum Gasteiger partial charge on any atom is -0.313 e. The Labute approximate surface area is 122 Å². The highest BCUT2D eigenvalue weighted by molar-refractivity contribution is 5.31. The van der Waals surface area contributed by atoms with Gasteiger partial charge in [0, 0.05) is 25.2 Å². The third kappa shape index (κ3) is 3.40. The second-order valence-corrected chi connectivity index (χ2v) is 6.29. The number of likely N-dealkylation sites (tertiary alicyclic amines) is 1. The summed E-state index contributed by atoms with van der Waals surface area (Å²) in [6.07, 6.45) is 3.94. The summed E-state index contributed by atoms with van der Waals surface area (Å²) in [7, 11) is 0. The van der Waals surface area contributed by atoms with E-state index < -0.39 is 0 Å². The van der Waals surface area contributed by atoms with Gasteiger partial charge in [-0.05, 0) is 56.9 Å². The van der Waals surface area contributed by atoms with E-state index in [1.165, 1.54) is 50.0 Å². The summed E-state index contributed by atoms with van der Waals surface area (Å²) in [6, 6.07) is 9.93. The highest BCUT2D eigenvalue weighted by Gasteiger charge is 2.21. The average molecular weight is 273 g/mol. The van der Waals surface area contributed by atoms with Crippen LogP contribution in [0.1, 0.15) is 43.4 Å². The molecule has 2 aliphatic rings. The molecular formula is C17H27N3. The lowest BCUT2D eigenvalue weighted by Crippen LogP contribution is -2.40. The minimum absolute atomic E-state index is 0.499. The van der Waals surface area contributed by atoms with E-state index in [0.717, 1.165) is 13.1 Å². The zero-order valence-electron chi connectivity index (χ0n) is 12.6. The number of fused-ring (bicyclic) bond motifs is 1. The van der Waals surface area contributed by atoms with Crippen LogP contribution in [0.25, 0.3) is 0 Å². The van der Waals surface area contributed by atoms with Crippen molar-refractivity contribution in [2.75, 3.05) is 26.2 Å². The molecule has 0 aromatic heterocycles. The minimum atomic E-state index is 0.499. The summed E-state index contributed by atoms with van der Waals surface area (Å²) >= 11 is 0. The third-order valence-corrected chi connectivity index (χ3v) is 4.57. The summed E-state index contributed by atoms with van der Waals surface area (Å²) in [5.41, 5.74) is 2.95.